The molecule has 110 valence electrons. The SMILES string of the molecule is CNc1ncc([N+](=O)[O-])c(Nc2cc(Br)ccc2OC)n1. The van der Waals surface area contributed by atoms with Crippen LogP contribution in [0.5, 0.6) is 5.75 Å². The quantitative estimate of drug-likeness (QED) is 0.629. The Bertz CT molecular complexity index is 680. The number of halogens is 1. The van der Waals surface area contributed by atoms with Crippen LogP contribution in [0.15, 0.2) is 28.9 Å². The molecular formula is C12H12BrN5O3. The third-order valence-electron chi connectivity index (χ3n) is 2.60. The van der Waals surface area contributed by atoms with Gasteiger partial charge in [-0.25, -0.2) is 4.98 Å². The third-order valence-corrected chi connectivity index (χ3v) is 3.10. The fraction of sp³-hybridized carbons (Fsp3) is 0.167. The number of anilines is 3. The number of hydrogen-bond donors (Lipinski definition) is 2. The van der Waals surface area contributed by atoms with Gasteiger partial charge in [-0.3, -0.25) is 10.1 Å². The summed E-state index contributed by atoms with van der Waals surface area (Å²) in [6.45, 7) is 0. The van der Waals surface area contributed by atoms with Crippen LogP contribution in [-0.4, -0.2) is 29.0 Å². The van der Waals surface area contributed by atoms with Gasteiger partial charge in [0.25, 0.3) is 0 Å². The Morgan fingerprint density at radius 3 is 2.81 bits per heavy atom. The first kappa shape index (κ1) is 15.0. The van der Waals surface area contributed by atoms with Gasteiger partial charge in [-0.15, -0.1) is 0 Å². The maximum absolute atomic E-state index is 11.1. The predicted molar refractivity (Wildman–Crippen MR) is 82.2 cm³/mol. The average Bonchev–Trinajstić information content (AvgIpc) is 2.47. The first-order valence-corrected chi connectivity index (χ1v) is 6.64. The molecule has 0 saturated heterocycles. The van der Waals surface area contributed by atoms with E-state index in [2.05, 4.69) is 36.5 Å². The van der Waals surface area contributed by atoms with Gasteiger partial charge < -0.3 is 15.4 Å². The highest BCUT2D eigenvalue weighted by molar-refractivity contribution is 9.10. The molecule has 1 heterocycles. The molecule has 0 saturated carbocycles. The van der Waals surface area contributed by atoms with Gasteiger partial charge in [-0.1, -0.05) is 15.9 Å². The molecule has 0 amide bonds. The molecule has 0 aliphatic carbocycles. The summed E-state index contributed by atoms with van der Waals surface area (Å²) in [6, 6.07) is 5.28. The molecule has 1 aromatic heterocycles. The van der Waals surface area contributed by atoms with E-state index >= 15 is 0 Å². The number of nitrogens with one attached hydrogen (secondary N) is 2. The highest BCUT2D eigenvalue weighted by Gasteiger charge is 2.18. The van der Waals surface area contributed by atoms with Crippen LogP contribution in [0.2, 0.25) is 0 Å². The highest BCUT2D eigenvalue weighted by atomic mass is 79.9. The lowest BCUT2D eigenvalue weighted by Crippen LogP contribution is -2.05. The van der Waals surface area contributed by atoms with Crippen LogP contribution in [0.1, 0.15) is 0 Å². The minimum atomic E-state index is -0.549. The van der Waals surface area contributed by atoms with Gasteiger partial charge in [0.2, 0.25) is 11.8 Å². The van der Waals surface area contributed by atoms with Crippen molar-refractivity contribution in [1.82, 2.24) is 9.97 Å². The fourth-order valence-electron chi connectivity index (χ4n) is 1.63. The number of hydrogen-bond acceptors (Lipinski definition) is 7. The highest BCUT2D eigenvalue weighted by Crippen LogP contribution is 2.33. The zero-order valence-corrected chi connectivity index (χ0v) is 12.8. The summed E-state index contributed by atoms with van der Waals surface area (Å²) in [6.07, 6.45) is 1.14. The van der Waals surface area contributed by atoms with Crippen LogP contribution < -0.4 is 15.4 Å². The van der Waals surface area contributed by atoms with E-state index in [1.54, 1.807) is 25.2 Å². The van der Waals surface area contributed by atoms with Crippen molar-refractivity contribution in [2.75, 3.05) is 24.8 Å². The Hall–Kier alpha value is -2.42. The molecule has 21 heavy (non-hydrogen) atoms. The van der Waals surface area contributed by atoms with E-state index in [9.17, 15) is 10.1 Å². The van der Waals surface area contributed by atoms with Crippen LogP contribution in [0.4, 0.5) is 23.1 Å². The number of rotatable bonds is 5. The van der Waals surface area contributed by atoms with Crippen molar-refractivity contribution in [3.05, 3.63) is 39.0 Å². The minimum absolute atomic E-state index is 0.0794. The van der Waals surface area contributed by atoms with Gasteiger partial charge >= 0.3 is 5.69 Å². The van der Waals surface area contributed by atoms with Gasteiger partial charge in [0.1, 0.15) is 11.9 Å². The van der Waals surface area contributed by atoms with Gasteiger partial charge in [-0.05, 0) is 18.2 Å². The largest absolute Gasteiger partial charge is 0.495 e. The normalized spacial score (nSPS) is 10.0. The Morgan fingerprint density at radius 1 is 1.43 bits per heavy atom. The van der Waals surface area contributed by atoms with Crippen molar-refractivity contribution < 1.29 is 9.66 Å². The van der Waals surface area contributed by atoms with E-state index in [1.807, 2.05) is 0 Å². The molecular weight excluding hydrogens is 342 g/mol. The van der Waals surface area contributed by atoms with Crippen LogP contribution in [0, 0.1) is 10.1 Å². The number of benzene rings is 1. The zero-order chi connectivity index (χ0) is 15.4. The Morgan fingerprint density at radius 2 is 2.19 bits per heavy atom. The van der Waals surface area contributed by atoms with Crippen LogP contribution in [0.3, 0.4) is 0 Å². The molecule has 0 aliphatic heterocycles. The molecule has 0 spiro atoms. The first-order chi connectivity index (χ1) is 10.0. The van der Waals surface area contributed by atoms with E-state index in [4.69, 9.17) is 4.74 Å². The molecule has 0 aliphatic rings. The summed E-state index contributed by atoms with van der Waals surface area (Å²) in [5.74, 6) is 0.893. The molecule has 2 rings (SSSR count). The van der Waals surface area contributed by atoms with Gasteiger partial charge in [0.05, 0.1) is 17.7 Å². The van der Waals surface area contributed by atoms with Crippen LogP contribution in [0.25, 0.3) is 0 Å². The first-order valence-electron chi connectivity index (χ1n) is 5.85. The number of nitro groups is 1. The molecule has 9 heteroatoms. The van der Waals surface area contributed by atoms with E-state index in [-0.39, 0.29) is 17.5 Å². The lowest BCUT2D eigenvalue weighted by atomic mass is 10.3. The molecule has 0 atom stereocenters. The predicted octanol–water partition coefficient (Wildman–Crippen LogP) is 2.94. The third kappa shape index (κ3) is 3.37. The van der Waals surface area contributed by atoms with Crippen molar-refractivity contribution in [2.45, 2.75) is 0 Å². The molecule has 8 nitrogen and oxygen atoms in total. The van der Waals surface area contributed by atoms with Crippen molar-refractivity contribution in [3.63, 3.8) is 0 Å². The second-order valence-corrected chi connectivity index (χ2v) is 4.82. The second kappa shape index (κ2) is 6.35. The van der Waals surface area contributed by atoms with E-state index in [0.29, 0.717) is 11.4 Å². The molecule has 0 bridgehead atoms. The number of aromatic nitrogens is 2. The van der Waals surface area contributed by atoms with Gasteiger partial charge in [-0.2, -0.15) is 4.98 Å². The lowest BCUT2D eigenvalue weighted by Gasteiger charge is -2.11. The van der Waals surface area contributed by atoms with Gasteiger partial charge in [0, 0.05) is 11.5 Å². The molecule has 0 fully saturated rings. The van der Waals surface area contributed by atoms with E-state index < -0.39 is 4.92 Å². The van der Waals surface area contributed by atoms with Crippen molar-refractivity contribution in [2.24, 2.45) is 0 Å². The zero-order valence-electron chi connectivity index (χ0n) is 11.3. The van der Waals surface area contributed by atoms with Crippen molar-refractivity contribution in [1.29, 1.82) is 0 Å². The number of ether oxygens (including phenoxy) is 1. The summed E-state index contributed by atoms with van der Waals surface area (Å²) in [4.78, 5) is 18.4. The molecule has 0 radical (unpaired) electrons. The maximum Gasteiger partial charge on any atom is 0.329 e. The Balaban J connectivity index is 2.47. The van der Waals surface area contributed by atoms with Crippen molar-refractivity contribution in [3.8, 4) is 5.75 Å². The topological polar surface area (TPSA) is 102 Å². The Labute approximate surface area is 128 Å². The number of methoxy groups -OCH3 is 1. The molecule has 2 aromatic rings. The molecule has 1 aromatic carbocycles. The summed E-state index contributed by atoms with van der Waals surface area (Å²) in [5.41, 5.74) is 0.326. The summed E-state index contributed by atoms with van der Waals surface area (Å²) >= 11 is 3.34. The molecule has 2 N–H and O–H groups in total. The van der Waals surface area contributed by atoms with E-state index in [1.165, 1.54) is 7.11 Å². The monoisotopic (exact) mass is 353 g/mol. The van der Waals surface area contributed by atoms with E-state index in [0.717, 1.165) is 10.7 Å². The minimum Gasteiger partial charge on any atom is -0.495 e. The maximum atomic E-state index is 11.1. The fourth-order valence-corrected chi connectivity index (χ4v) is 1.99. The number of nitrogens with zero attached hydrogens (tertiary/aromatic N) is 3. The van der Waals surface area contributed by atoms with Crippen LogP contribution in [-0.2, 0) is 0 Å². The second-order valence-electron chi connectivity index (χ2n) is 3.90. The standard InChI is InChI=1S/C12H12BrN5O3/c1-14-12-15-6-9(18(19)20)11(17-12)16-8-5-7(13)3-4-10(8)21-2/h3-6H,1-2H3,(H2,14,15,16,17). The van der Waals surface area contributed by atoms with Crippen molar-refractivity contribution >= 4 is 39.1 Å². The average molecular weight is 354 g/mol. The summed E-state index contributed by atoms with van der Waals surface area (Å²) in [5, 5.41) is 16.7. The lowest BCUT2D eigenvalue weighted by molar-refractivity contribution is -0.384. The summed E-state index contributed by atoms with van der Waals surface area (Å²) < 4.78 is 6.02. The smallest absolute Gasteiger partial charge is 0.329 e. The summed E-state index contributed by atoms with van der Waals surface area (Å²) in [7, 11) is 3.15. The van der Waals surface area contributed by atoms with Crippen LogP contribution >= 0.6 is 15.9 Å². The van der Waals surface area contributed by atoms with Gasteiger partial charge in [0.15, 0.2) is 0 Å². The molecule has 0 unspecified atom stereocenters. The Kier molecular flexibility index (Phi) is 4.53.